The molecule has 0 radical (unpaired) electrons. The lowest BCUT2D eigenvalue weighted by Crippen LogP contribution is -2.35. The molecule has 2 rings (SSSR count). The largest absolute Gasteiger partial charge is 0.314 e. The summed E-state index contributed by atoms with van der Waals surface area (Å²) in [4.78, 5) is 0. The van der Waals surface area contributed by atoms with Crippen molar-refractivity contribution in [3.63, 3.8) is 0 Å². The van der Waals surface area contributed by atoms with E-state index in [-0.39, 0.29) is 5.92 Å². The van der Waals surface area contributed by atoms with E-state index in [1.54, 1.807) is 12.1 Å². The minimum absolute atomic E-state index is 0.150. The maximum atomic E-state index is 13.5. The first-order valence-electron chi connectivity index (χ1n) is 5.35. The standard InChI is InChI=1S/C12H15F2N/c1-8-7-9(5-6-15-8)10-3-2-4-11(13)12(10)14/h2-4,8-9,15H,5-7H2,1H3. The molecule has 0 amide bonds. The molecule has 0 saturated carbocycles. The number of rotatable bonds is 1. The Hall–Kier alpha value is -0.960. The minimum atomic E-state index is -0.737. The quantitative estimate of drug-likeness (QED) is 0.753. The molecule has 2 atom stereocenters. The molecular formula is C12H15F2N. The second-order valence-corrected chi connectivity index (χ2v) is 4.22. The van der Waals surface area contributed by atoms with Crippen LogP contribution in [-0.4, -0.2) is 12.6 Å². The van der Waals surface area contributed by atoms with Gasteiger partial charge in [0.1, 0.15) is 0 Å². The molecule has 1 N–H and O–H groups in total. The summed E-state index contributed by atoms with van der Waals surface area (Å²) in [6.45, 7) is 2.95. The predicted octanol–water partition coefficient (Wildman–Crippen LogP) is 2.82. The molecular weight excluding hydrogens is 196 g/mol. The fourth-order valence-corrected chi connectivity index (χ4v) is 2.25. The van der Waals surface area contributed by atoms with Gasteiger partial charge < -0.3 is 5.32 Å². The number of piperidine rings is 1. The van der Waals surface area contributed by atoms with Gasteiger partial charge in [0.05, 0.1) is 0 Å². The molecule has 1 saturated heterocycles. The maximum Gasteiger partial charge on any atom is 0.162 e. The molecule has 3 heteroatoms. The minimum Gasteiger partial charge on any atom is -0.314 e. The van der Waals surface area contributed by atoms with E-state index in [0.29, 0.717) is 11.6 Å². The molecule has 15 heavy (non-hydrogen) atoms. The van der Waals surface area contributed by atoms with Gasteiger partial charge in [0.25, 0.3) is 0 Å². The molecule has 0 aromatic heterocycles. The zero-order valence-electron chi connectivity index (χ0n) is 8.76. The van der Waals surface area contributed by atoms with E-state index in [1.807, 2.05) is 0 Å². The Bertz CT molecular complexity index is 351. The summed E-state index contributed by atoms with van der Waals surface area (Å²) in [5, 5.41) is 3.30. The summed E-state index contributed by atoms with van der Waals surface area (Å²) in [6.07, 6.45) is 1.76. The van der Waals surface area contributed by atoms with E-state index in [9.17, 15) is 8.78 Å². The molecule has 2 unspecified atom stereocenters. The Morgan fingerprint density at radius 2 is 2.13 bits per heavy atom. The Kier molecular flexibility index (Phi) is 3.00. The van der Waals surface area contributed by atoms with E-state index in [1.165, 1.54) is 6.07 Å². The molecule has 1 aromatic carbocycles. The maximum absolute atomic E-state index is 13.5. The number of hydrogen-bond donors (Lipinski definition) is 1. The molecule has 1 aliphatic rings. The summed E-state index contributed by atoms with van der Waals surface area (Å²) in [5.41, 5.74) is 0.531. The van der Waals surface area contributed by atoms with Crippen molar-refractivity contribution in [3.05, 3.63) is 35.4 Å². The van der Waals surface area contributed by atoms with Crippen molar-refractivity contribution in [2.24, 2.45) is 0 Å². The van der Waals surface area contributed by atoms with Crippen molar-refractivity contribution in [1.29, 1.82) is 0 Å². The average Bonchev–Trinajstić information content (AvgIpc) is 2.22. The van der Waals surface area contributed by atoms with Gasteiger partial charge in [0, 0.05) is 6.04 Å². The van der Waals surface area contributed by atoms with E-state index >= 15 is 0 Å². The van der Waals surface area contributed by atoms with Crippen LogP contribution in [0.15, 0.2) is 18.2 Å². The summed E-state index contributed by atoms with van der Waals surface area (Å²) in [6, 6.07) is 4.83. The predicted molar refractivity (Wildman–Crippen MR) is 55.8 cm³/mol. The SMILES string of the molecule is CC1CC(c2cccc(F)c2F)CCN1. The summed E-state index contributed by atoms with van der Waals surface area (Å²) in [7, 11) is 0. The molecule has 0 spiro atoms. The van der Waals surface area contributed by atoms with Crippen molar-refractivity contribution in [1.82, 2.24) is 5.32 Å². The molecule has 1 aromatic rings. The molecule has 0 bridgehead atoms. The number of benzene rings is 1. The monoisotopic (exact) mass is 211 g/mol. The van der Waals surface area contributed by atoms with Crippen LogP contribution in [0.3, 0.4) is 0 Å². The lowest BCUT2D eigenvalue weighted by molar-refractivity contribution is 0.369. The number of nitrogens with one attached hydrogen (secondary N) is 1. The van der Waals surface area contributed by atoms with Crippen LogP contribution in [-0.2, 0) is 0 Å². The van der Waals surface area contributed by atoms with Crippen molar-refractivity contribution < 1.29 is 8.78 Å². The third-order valence-electron chi connectivity index (χ3n) is 3.04. The lowest BCUT2D eigenvalue weighted by Gasteiger charge is -2.28. The van der Waals surface area contributed by atoms with Crippen LogP contribution < -0.4 is 5.32 Å². The fraction of sp³-hybridized carbons (Fsp3) is 0.500. The van der Waals surface area contributed by atoms with Gasteiger partial charge in [-0.25, -0.2) is 8.78 Å². The van der Waals surface area contributed by atoms with E-state index in [2.05, 4.69) is 12.2 Å². The molecule has 82 valence electrons. The van der Waals surface area contributed by atoms with Gasteiger partial charge in [0.2, 0.25) is 0 Å². The van der Waals surface area contributed by atoms with Crippen molar-refractivity contribution in [2.45, 2.75) is 31.7 Å². The van der Waals surface area contributed by atoms with Gasteiger partial charge >= 0.3 is 0 Å². The first-order chi connectivity index (χ1) is 7.18. The Balaban J connectivity index is 2.24. The van der Waals surface area contributed by atoms with Crippen LogP contribution in [0.5, 0.6) is 0 Å². The summed E-state index contributed by atoms with van der Waals surface area (Å²) >= 11 is 0. The Morgan fingerprint density at radius 1 is 1.33 bits per heavy atom. The topological polar surface area (TPSA) is 12.0 Å². The van der Waals surface area contributed by atoms with E-state index < -0.39 is 11.6 Å². The normalized spacial score (nSPS) is 26.6. The molecule has 1 fully saturated rings. The number of hydrogen-bond acceptors (Lipinski definition) is 1. The first kappa shape index (κ1) is 10.6. The van der Waals surface area contributed by atoms with Crippen LogP contribution >= 0.6 is 0 Å². The highest BCUT2D eigenvalue weighted by atomic mass is 19.2. The highest BCUT2D eigenvalue weighted by molar-refractivity contribution is 5.23. The smallest absolute Gasteiger partial charge is 0.162 e. The average molecular weight is 211 g/mol. The van der Waals surface area contributed by atoms with E-state index in [4.69, 9.17) is 0 Å². The molecule has 1 heterocycles. The molecule has 1 aliphatic heterocycles. The van der Waals surface area contributed by atoms with Gasteiger partial charge in [-0.2, -0.15) is 0 Å². The fourth-order valence-electron chi connectivity index (χ4n) is 2.25. The highest BCUT2D eigenvalue weighted by Gasteiger charge is 2.23. The van der Waals surface area contributed by atoms with Crippen LogP contribution in [0.2, 0.25) is 0 Å². The van der Waals surface area contributed by atoms with Gasteiger partial charge in [-0.1, -0.05) is 12.1 Å². The zero-order valence-corrected chi connectivity index (χ0v) is 8.76. The zero-order chi connectivity index (χ0) is 10.8. The molecule has 1 nitrogen and oxygen atoms in total. The van der Waals surface area contributed by atoms with Gasteiger partial charge in [0.15, 0.2) is 11.6 Å². The summed E-state index contributed by atoms with van der Waals surface area (Å²) in [5.74, 6) is -1.26. The first-order valence-corrected chi connectivity index (χ1v) is 5.35. The van der Waals surface area contributed by atoms with Crippen molar-refractivity contribution >= 4 is 0 Å². The van der Waals surface area contributed by atoms with Crippen molar-refractivity contribution in [3.8, 4) is 0 Å². The van der Waals surface area contributed by atoms with Crippen LogP contribution in [0, 0.1) is 11.6 Å². The van der Waals surface area contributed by atoms with Crippen molar-refractivity contribution in [2.75, 3.05) is 6.54 Å². The van der Waals surface area contributed by atoms with Crippen LogP contribution in [0.4, 0.5) is 8.78 Å². The Morgan fingerprint density at radius 3 is 2.87 bits per heavy atom. The third-order valence-corrected chi connectivity index (χ3v) is 3.04. The van der Waals surface area contributed by atoms with Crippen LogP contribution in [0.1, 0.15) is 31.2 Å². The van der Waals surface area contributed by atoms with Crippen LogP contribution in [0.25, 0.3) is 0 Å². The summed E-state index contributed by atoms with van der Waals surface area (Å²) < 4.78 is 26.6. The highest BCUT2D eigenvalue weighted by Crippen LogP contribution is 2.30. The third kappa shape index (κ3) is 2.17. The van der Waals surface area contributed by atoms with E-state index in [0.717, 1.165) is 19.4 Å². The van der Waals surface area contributed by atoms with Gasteiger partial charge in [-0.3, -0.25) is 0 Å². The lowest BCUT2D eigenvalue weighted by atomic mass is 9.86. The van der Waals surface area contributed by atoms with Gasteiger partial charge in [-0.05, 0) is 43.9 Å². The number of halogens is 2. The molecule has 0 aliphatic carbocycles. The second-order valence-electron chi connectivity index (χ2n) is 4.22. The Labute approximate surface area is 88.5 Å². The van der Waals surface area contributed by atoms with Gasteiger partial charge in [-0.15, -0.1) is 0 Å². The second kappa shape index (κ2) is 4.27.